The van der Waals surface area contributed by atoms with Crippen molar-refractivity contribution in [2.24, 2.45) is 5.73 Å². The summed E-state index contributed by atoms with van der Waals surface area (Å²) in [4.78, 5) is 0. The van der Waals surface area contributed by atoms with Gasteiger partial charge in [-0.15, -0.1) is 0 Å². The second-order valence-electron chi connectivity index (χ2n) is 4.87. The van der Waals surface area contributed by atoms with Gasteiger partial charge >= 0.3 is 0 Å². The molecule has 2 N–H and O–H groups in total. The number of benzene rings is 3. The van der Waals surface area contributed by atoms with Gasteiger partial charge < -0.3 is 10.5 Å². The highest BCUT2D eigenvalue weighted by Gasteiger charge is 2.09. The Morgan fingerprint density at radius 2 is 1.76 bits per heavy atom. The smallest absolute Gasteiger partial charge is 0.128 e. The van der Waals surface area contributed by atoms with Gasteiger partial charge in [0.2, 0.25) is 0 Å². The molecule has 3 aromatic rings. The SMILES string of the molecule is COc1ccc(-c2ccc(CN)c(F)c2)c2ccccc12. The number of fused-ring (bicyclic) bond motifs is 1. The summed E-state index contributed by atoms with van der Waals surface area (Å²) in [6.07, 6.45) is 0. The molecule has 0 saturated carbocycles. The Hall–Kier alpha value is -2.39. The zero-order valence-electron chi connectivity index (χ0n) is 11.8. The van der Waals surface area contributed by atoms with Gasteiger partial charge in [0.25, 0.3) is 0 Å². The van der Waals surface area contributed by atoms with Crippen LogP contribution in [0.4, 0.5) is 4.39 Å². The molecule has 21 heavy (non-hydrogen) atoms. The molecule has 3 heteroatoms. The number of hydrogen-bond acceptors (Lipinski definition) is 2. The van der Waals surface area contributed by atoms with Crippen LogP contribution in [0.25, 0.3) is 21.9 Å². The minimum absolute atomic E-state index is 0.204. The molecule has 0 spiro atoms. The van der Waals surface area contributed by atoms with Crippen molar-refractivity contribution in [3.05, 3.63) is 66.0 Å². The van der Waals surface area contributed by atoms with Crippen LogP contribution in [0.1, 0.15) is 5.56 Å². The summed E-state index contributed by atoms with van der Waals surface area (Å²) in [6, 6.07) is 17.0. The molecule has 0 radical (unpaired) electrons. The van der Waals surface area contributed by atoms with Crippen molar-refractivity contribution in [2.45, 2.75) is 6.54 Å². The van der Waals surface area contributed by atoms with Crippen LogP contribution in [0.5, 0.6) is 5.75 Å². The van der Waals surface area contributed by atoms with Gasteiger partial charge in [-0.25, -0.2) is 4.39 Å². The first-order valence-electron chi connectivity index (χ1n) is 6.79. The van der Waals surface area contributed by atoms with Crippen LogP contribution in [-0.2, 0) is 6.54 Å². The molecule has 0 fully saturated rings. The average Bonchev–Trinajstić information content (AvgIpc) is 2.53. The molecule has 0 heterocycles. The van der Waals surface area contributed by atoms with E-state index in [4.69, 9.17) is 10.5 Å². The minimum atomic E-state index is -0.269. The zero-order valence-corrected chi connectivity index (χ0v) is 11.8. The number of halogens is 1. The van der Waals surface area contributed by atoms with E-state index < -0.39 is 0 Å². The maximum Gasteiger partial charge on any atom is 0.128 e. The van der Waals surface area contributed by atoms with Gasteiger partial charge in [-0.1, -0.05) is 42.5 Å². The molecule has 0 aliphatic carbocycles. The van der Waals surface area contributed by atoms with Gasteiger partial charge in [0.05, 0.1) is 7.11 Å². The summed E-state index contributed by atoms with van der Waals surface area (Å²) >= 11 is 0. The molecule has 2 nitrogen and oxygen atoms in total. The molecule has 3 aromatic carbocycles. The number of methoxy groups -OCH3 is 1. The van der Waals surface area contributed by atoms with E-state index in [9.17, 15) is 4.39 Å². The van der Waals surface area contributed by atoms with Crippen LogP contribution in [0.2, 0.25) is 0 Å². The third kappa shape index (κ3) is 2.36. The van der Waals surface area contributed by atoms with Gasteiger partial charge in [-0.05, 0) is 28.6 Å². The summed E-state index contributed by atoms with van der Waals surface area (Å²) in [6.45, 7) is 0.204. The summed E-state index contributed by atoms with van der Waals surface area (Å²) in [5, 5.41) is 2.05. The first kappa shape index (κ1) is 13.6. The molecular weight excluding hydrogens is 265 g/mol. The van der Waals surface area contributed by atoms with E-state index >= 15 is 0 Å². The predicted octanol–water partition coefficient (Wildman–Crippen LogP) is 4.11. The summed E-state index contributed by atoms with van der Waals surface area (Å²) < 4.78 is 19.4. The third-order valence-corrected chi connectivity index (χ3v) is 3.69. The van der Waals surface area contributed by atoms with Crippen LogP contribution >= 0.6 is 0 Å². The Balaban J connectivity index is 2.23. The van der Waals surface area contributed by atoms with E-state index in [1.165, 1.54) is 6.07 Å². The lowest BCUT2D eigenvalue weighted by Crippen LogP contribution is -1.99. The maximum absolute atomic E-state index is 14.0. The fourth-order valence-corrected chi connectivity index (χ4v) is 2.58. The molecule has 0 aliphatic rings. The number of hydrogen-bond donors (Lipinski definition) is 1. The lowest BCUT2D eigenvalue weighted by molar-refractivity contribution is 0.420. The van der Waals surface area contributed by atoms with Crippen molar-refractivity contribution in [1.29, 1.82) is 0 Å². The van der Waals surface area contributed by atoms with Crippen molar-refractivity contribution >= 4 is 10.8 Å². The number of nitrogens with two attached hydrogens (primary N) is 1. The van der Waals surface area contributed by atoms with Crippen molar-refractivity contribution in [3.63, 3.8) is 0 Å². The van der Waals surface area contributed by atoms with Gasteiger partial charge in [0.1, 0.15) is 11.6 Å². The van der Waals surface area contributed by atoms with Gasteiger partial charge in [0, 0.05) is 17.5 Å². The van der Waals surface area contributed by atoms with Gasteiger partial charge in [-0.2, -0.15) is 0 Å². The number of rotatable bonds is 3. The number of ether oxygens (including phenoxy) is 1. The van der Waals surface area contributed by atoms with Crippen molar-refractivity contribution in [3.8, 4) is 16.9 Å². The molecule has 0 saturated heterocycles. The Kier molecular flexibility index (Phi) is 3.59. The topological polar surface area (TPSA) is 35.2 Å². The molecule has 0 unspecified atom stereocenters. The molecule has 0 amide bonds. The highest BCUT2D eigenvalue weighted by Crippen LogP contribution is 2.34. The predicted molar refractivity (Wildman–Crippen MR) is 83.8 cm³/mol. The maximum atomic E-state index is 14.0. The Morgan fingerprint density at radius 1 is 1.00 bits per heavy atom. The molecule has 0 aromatic heterocycles. The normalized spacial score (nSPS) is 10.8. The van der Waals surface area contributed by atoms with Crippen molar-refractivity contribution < 1.29 is 9.13 Å². The fraction of sp³-hybridized carbons (Fsp3) is 0.111. The first-order valence-corrected chi connectivity index (χ1v) is 6.79. The van der Waals surface area contributed by atoms with Crippen molar-refractivity contribution in [2.75, 3.05) is 7.11 Å². The third-order valence-electron chi connectivity index (χ3n) is 3.69. The molecule has 0 aliphatic heterocycles. The summed E-state index contributed by atoms with van der Waals surface area (Å²) in [7, 11) is 1.65. The van der Waals surface area contributed by atoms with E-state index in [1.807, 2.05) is 42.5 Å². The molecule has 0 bridgehead atoms. The minimum Gasteiger partial charge on any atom is -0.496 e. The second-order valence-corrected chi connectivity index (χ2v) is 4.87. The van der Waals surface area contributed by atoms with Crippen molar-refractivity contribution in [1.82, 2.24) is 0 Å². The highest BCUT2D eigenvalue weighted by atomic mass is 19.1. The van der Waals surface area contributed by atoms with E-state index in [0.717, 1.165) is 27.6 Å². The molecule has 0 atom stereocenters. The Labute approximate surface area is 123 Å². The molecule has 106 valence electrons. The van der Waals surface area contributed by atoms with Gasteiger partial charge in [-0.3, -0.25) is 0 Å². The first-order chi connectivity index (χ1) is 10.2. The average molecular weight is 281 g/mol. The lowest BCUT2D eigenvalue weighted by Gasteiger charge is -2.11. The van der Waals surface area contributed by atoms with Crippen LogP contribution in [-0.4, -0.2) is 7.11 Å². The quantitative estimate of drug-likeness (QED) is 0.784. The van der Waals surface area contributed by atoms with E-state index in [-0.39, 0.29) is 12.4 Å². The zero-order chi connectivity index (χ0) is 14.8. The largest absolute Gasteiger partial charge is 0.496 e. The van der Waals surface area contributed by atoms with Crippen LogP contribution in [0, 0.1) is 5.82 Å². The molecular formula is C18H16FNO. The van der Waals surface area contributed by atoms with E-state index in [2.05, 4.69) is 0 Å². The standard InChI is InChI=1S/C18H16FNO/c1-21-18-9-8-14(15-4-2-3-5-16(15)18)12-6-7-13(11-20)17(19)10-12/h2-10H,11,20H2,1H3. The summed E-state index contributed by atoms with van der Waals surface area (Å²) in [5.74, 6) is 0.545. The van der Waals surface area contributed by atoms with Gasteiger partial charge in [0.15, 0.2) is 0 Å². The lowest BCUT2D eigenvalue weighted by atomic mass is 9.96. The van der Waals surface area contributed by atoms with Crippen LogP contribution < -0.4 is 10.5 Å². The van der Waals surface area contributed by atoms with Crippen LogP contribution in [0.15, 0.2) is 54.6 Å². The highest BCUT2D eigenvalue weighted by molar-refractivity contribution is 6.00. The monoisotopic (exact) mass is 281 g/mol. The molecule has 3 rings (SSSR count). The van der Waals surface area contributed by atoms with E-state index in [1.54, 1.807) is 13.2 Å². The fourth-order valence-electron chi connectivity index (χ4n) is 2.58. The summed E-state index contributed by atoms with van der Waals surface area (Å²) in [5.41, 5.74) is 7.85. The Morgan fingerprint density at radius 3 is 2.43 bits per heavy atom. The van der Waals surface area contributed by atoms with E-state index in [0.29, 0.717) is 5.56 Å². The van der Waals surface area contributed by atoms with Crippen LogP contribution in [0.3, 0.4) is 0 Å². The second kappa shape index (κ2) is 5.54. The Bertz CT molecular complexity index is 798.